The van der Waals surface area contributed by atoms with Gasteiger partial charge in [0.1, 0.15) is 5.15 Å². The molecule has 0 saturated heterocycles. The zero-order valence-electron chi connectivity index (χ0n) is 7.77. The molecule has 0 atom stereocenters. The van der Waals surface area contributed by atoms with Crippen molar-refractivity contribution in [3.63, 3.8) is 0 Å². The second-order valence-corrected chi connectivity index (χ2v) is 2.74. The molecule has 10 heavy (non-hydrogen) atoms. The summed E-state index contributed by atoms with van der Waals surface area (Å²) in [7, 11) is -2.50. The second kappa shape index (κ2) is 3.21. The van der Waals surface area contributed by atoms with Crippen LogP contribution in [0.2, 0.25) is 5.15 Å². The van der Waals surface area contributed by atoms with Crippen molar-refractivity contribution in [2.45, 2.75) is 0 Å². The number of aromatic nitrogens is 1. The molecule has 0 N–H and O–H groups in total. The summed E-state index contributed by atoms with van der Waals surface area (Å²) >= 11 is 8.74. The van der Waals surface area contributed by atoms with Crippen LogP contribution in [0, 0.1) is 0 Å². The fourth-order valence-corrected chi connectivity index (χ4v) is 0.825. The fourth-order valence-electron chi connectivity index (χ4n) is 0.457. The summed E-state index contributed by atoms with van der Waals surface area (Å²) in [5, 5.41) is 0.168. The topological polar surface area (TPSA) is 22.1 Å². The van der Waals surface area contributed by atoms with Crippen LogP contribution in [0.4, 0.5) is 0 Å². The van der Waals surface area contributed by atoms with Crippen LogP contribution >= 0.6 is 27.5 Å². The number of halogens is 2. The number of methoxy groups -OCH3 is 1. The van der Waals surface area contributed by atoms with Crippen LogP contribution in [-0.2, 0) is 0 Å². The summed E-state index contributed by atoms with van der Waals surface area (Å²) in [4.78, 5) is 3.69. The summed E-state index contributed by atoms with van der Waals surface area (Å²) in [6.07, 6.45) is 0. The average Bonchev–Trinajstić information content (AvgIpc) is 1.94. The van der Waals surface area contributed by atoms with Gasteiger partial charge in [0, 0.05) is 6.07 Å². The maximum Gasteiger partial charge on any atom is 0.214 e. The zero-order valence-corrected chi connectivity index (χ0v) is 7.11. The van der Waals surface area contributed by atoms with Gasteiger partial charge in [-0.1, -0.05) is 11.6 Å². The van der Waals surface area contributed by atoms with E-state index in [2.05, 4.69) is 25.7 Å². The lowest BCUT2D eigenvalue weighted by molar-refractivity contribution is 0.398. The molecule has 4 heteroatoms. The van der Waals surface area contributed by atoms with Gasteiger partial charge in [-0.3, -0.25) is 0 Å². The highest BCUT2D eigenvalue weighted by molar-refractivity contribution is 9.10. The molecule has 0 radical (unpaired) electrons. The van der Waals surface area contributed by atoms with Gasteiger partial charge in [0.2, 0.25) is 5.88 Å². The van der Waals surface area contributed by atoms with Crippen LogP contribution < -0.4 is 4.74 Å². The number of hydrogen-bond acceptors (Lipinski definition) is 2. The highest BCUT2D eigenvalue weighted by Gasteiger charge is 1.98. The lowest BCUT2D eigenvalue weighted by atomic mass is 10.5. The third kappa shape index (κ3) is 1.61. The molecule has 0 saturated carbocycles. The van der Waals surface area contributed by atoms with E-state index in [1.54, 1.807) is 6.07 Å². The molecule has 2 nitrogen and oxygen atoms in total. The third-order valence-corrected chi connectivity index (χ3v) is 2.04. The second-order valence-electron chi connectivity index (χ2n) is 1.52. The van der Waals surface area contributed by atoms with Crippen molar-refractivity contribution >= 4 is 27.5 Å². The summed E-state index contributed by atoms with van der Waals surface area (Å²) < 4.78 is 25.5. The Kier molecular flexibility index (Phi) is 1.47. The van der Waals surface area contributed by atoms with E-state index in [9.17, 15) is 0 Å². The van der Waals surface area contributed by atoms with E-state index in [0.29, 0.717) is 4.47 Å². The normalized spacial score (nSPS) is 15.2. The van der Waals surface area contributed by atoms with Crippen molar-refractivity contribution in [3.05, 3.63) is 21.8 Å². The number of pyridine rings is 1. The van der Waals surface area contributed by atoms with Crippen molar-refractivity contribution in [2.75, 3.05) is 7.04 Å². The Hall–Kier alpha value is -0.280. The lowest BCUT2D eigenvalue weighted by Crippen LogP contribution is -1.86. The van der Waals surface area contributed by atoms with Crippen LogP contribution in [0.5, 0.6) is 5.88 Å². The van der Waals surface area contributed by atoms with Crippen molar-refractivity contribution in [3.8, 4) is 5.88 Å². The Morgan fingerprint density at radius 1 is 1.80 bits per heavy atom. The van der Waals surface area contributed by atoms with Gasteiger partial charge in [0.25, 0.3) is 0 Å². The molecule has 1 heterocycles. The highest BCUT2D eigenvalue weighted by atomic mass is 79.9. The van der Waals surface area contributed by atoms with E-state index in [1.807, 2.05) is 0 Å². The van der Waals surface area contributed by atoms with E-state index < -0.39 is 7.04 Å². The maximum absolute atomic E-state index is 6.81. The highest BCUT2D eigenvalue weighted by Crippen LogP contribution is 2.22. The molecular weight excluding hydrogens is 217 g/mol. The first-order chi connectivity index (χ1) is 5.88. The SMILES string of the molecule is [2H]C([2H])([2H])Oc1ccc(Br)c(Cl)n1. The smallest absolute Gasteiger partial charge is 0.214 e. The third-order valence-electron chi connectivity index (χ3n) is 0.882. The minimum absolute atomic E-state index is 0.0202. The van der Waals surface area contributed by atoms with Gasteiger partial charge in [0.05, 0.1) is 15.6 Å². The predicted octanol–water partition coefficient (Wildman–Crippen LogP) is 2.51. The number of nitrogens with zero attached hydrogens (tertiary/aromatic N) is 1. The van der Waals surface area contributed by atoms with E-state index in [4.69, 9.17) is 15.7 Å². The molecule has 0 aliphatic rings. The standard InChI is InChI=1S/C6H5BrClNO/c1-10-5-3-2-4(7)6(8)9-5/h2-3H,1H3/i1D3. The summed E-state index contributed by atoms with van der Waals surface area (Å²) in [6.45, 7) is 0. The van der Waals surface area contributed by atoms with Gasteiger partial charge in [-0.2, -0.15) is 0 Å². The molecule has 0 aromatic carbocycles. The minimum atomic E-state index is -2.50. The molecule has 1 aromatic heterocycles. The van der Waals surface area contributed by atoms with Gasteiger partial charge < -0.3 is 4.74 Å². The first-order valence-electron chi connectivity index (χ1n) is 3.89. The Labute approximate surface area is 76.5 Å². The van der Waals surface area contributed by atoms with E-state index in [1.165, 1.54) is 6.07 Å². The minimum Gasteiger partial charge on any atom is -0.481 e. The Balaban J connectivity index is 2.86. The number of rotatable bonds is 1. The van der Waals surface area contributed by atoms with E-state index in [-0.39, 0.29) is 11.0 Å². The van der Waals surface area contributed by atoms with Crippen molar-refractivity contribution in [2.24, 2.45) is 0 Å². The van der Waals surface area contributed by atoms with Crippen LogP contribution in [0.25, 0.3) is 0 Å². The van der Waals surface area contributed by atoms with Crippen LogP contribution in [0.3, 0.4) is 0 Å². The van der Waals surface area contributed by atoms with E-state index in [0.717, 1.165) is 0 Å². The molecule has 0 spiro atoms. The molecule has 54 valence electrons. The summed E-state index contributed by atoms with van der Waals surface area (Å²) in [5.74, 6) is -0.0202. The fraction of sp³-hybridized carbons (Fsp3) is 0.167. The largest absolute Gasteiger partial charge is 0.481 e. The molecule has 0 bridgehead atoms. The van der Waals surface area contributed by atoms with Gasteiger partial charge in [0.15, 0.2) is 0 Å². The zero-order chi connectivity index (χ0) is 10.1. The van der Waals surface area contributed by atoms with Gasteiger partial charge in [-0.05, 0) is 22.0 Å². The first kappa shape index (κ1) is 4.57. The Morgan fingerprint density at radius 3 is 3.20 bits per heavy atom. The molecule has 1 rings (SSSR count). The first-order valence-corrected chi connectivity index (χ1v) is 3.57. The molecule has 0 unspecified atom stereocenters. The number of hydrogen-bond donors (Lipinski definition) is 0. The Morgan fingerprint density at radius 2 is 2.60 bits per heavy atom. The molecule has 0 aliphatic heterocycles. The van der Waals surface area contributed by atoms with Crippen molar-refractivity contribution in [1.82, 2.24) is 4.98 Å². The van der Waals surface area contributed by atoms with E-state index >= 15 is 0 Å². The van der Waals surface area contributed by atoms with Gasteiger partial charge in [-0.15, -0.1) is 0 Å². The maximum atomic E-state index is 6.81. The molecule has 0 aliphatic carbocycles. The lowest BCUT2D eigenvalue weighted by Gasteiger charge is -1.98. The summed E-state index contributed by atoms with van der Waals surface area (Å²) in [5.41, 5.74) is 0. The average molecular weight is 225 g/mol. The molecular formula is C6H5BrClNO. The van der Waals surface area contributed by atoms with Crippen LogP contribution in [0.15, 0.2) is 16.6 Å². The number of ether oxygens (including phenoxy) is 1. The quantitative estimate of drug-likeness (QED) is 0.685. The molecule has 1 aromatic rings. The predicted molar refractivity (Wildman–Crippen MR) is 43.5 cm³/mol. The van der Waals surface area contributed by atoms with Crippen LogP contribution in [0.1, 0.15) is 4.11 Å². The Bertz CT molecular complexity index is 317. The molecule has 0 amide bonds. The van der Waals surface area contributed by atoms with Crippen LogP contribution in [-0.4, -0.2) is 12.0 Å². The van der Waals surface area contributed by atoms with Crippen molar-refractivity contribution in [1.29, 1.82) is 0 Å². The monoisotopic (exact) mass is 224 g/mol. The summed E-state index contributed by atoms with van der Waals surface area (Å²) in [6, 6.07) is 2.98. The van der Waals surface area contributed by atoms with Gasteiger partial charge >= 0.3 is 0 Å². The van der Waals surface area contributed by atoms with Crippen molar-refractivity contribution < 1.29 is 8.85 Å². The van der Waals surface area contributed by atoms with Gasteiger partial charge in [-0.25, -0.2) is 4.98 Å². The molecule has 0 fully saturated rings.